The van der Waals surface area contributed by atoms with Crippen molar-refractivity contribution in [2.24, 2.45) is 0 Å². The second-order valence-electron chi connectivity index (χ2n) is 5.10. The minimum atomic E-state index is -4.51. The van der Waals surface area contributed by atoms with Gasteiger partial charge < -0.3 is 10.2 Å². The lowest BCUT2D eigenvalue weighted by molar-refractivity contribution is -0.141. The Bertz CT molecular complexity index is 626. The van der Waals surface area contributed by atoms with E-state index in [0.29, 0.717) is 0 Å². The fourth-order valence-corrected chi connectivity index (χ4v) is 1.89. The Balaban J connectivity index is 2.32. The molecule has 1 aromatic heterocycles. The predicted octanol–water partition coefficient (Wildman–Crippen LogP) is 3.73. The number of anilines is 2. The molecular weight excluding hydrogens is 293 g/mol. The lowest BCUT2D eigenvalue weighted by Crippen LogP contribution is -2.18. The Kier molecular flexibility index (Phi) is 4.54. The van der Waals surface area contributed by atoms with Gasteiger partial charge in [0.1, 0.15) is 5.82 Å². The average Bonchev–Trinajstić information content (AvgIpc) is 2.46. The van der Waals surface area contributed by atoms with Gasteiger partial charge in [-0.25, -0.2) is 4.98 Å². The molecule has 0 saturated carbocycles. The summed E-state index contributed by atoms with van der Waals surface area (Å²) in [7, 11) is 3.26. The lowest BCUT2D eigenvalue weighted by Gasteiger charge is -2.18. The highest BCUT2D eigenvalue weighted by molar-refractivity contribution is 5.45. The topological polar surface area (TPSA) is 41.1 Å². The first kappa shape index (κ1) is 16.1. The van der Waals surface area contributed by atoms with Gasteiger partial charge in [-0.05, 0) is 12.5 Å². The summed E-state index contributed by atoms with van der Waals surface area (Å²) in [5.74, 6) is 0.153. The van der Waals surface area contributed by atoms with Crippen LogP contribution in [0.5, 0.6) is 0 Å². The third kappa shape index (κ3) is 3.87. The van der Waals surface area contributed by atoms with Gasteiger partial charge in [-0.2, -0.15) is 18.2 Å². The first-order valence-corrected chi connectivity index (χ1v) is 6.72. The summed E-state index contributed by atoms with van der Waals surface area (Å²) >= 11 is 0. The Morgan fingerprint density at radius 1 is 1.09 bits per heavy atom. The molecule has 1 N–H and O–H groups in total. The van der Waals surface area contributed by atoms with E-state index in [2.05, 4.69) is 15.3 Å². The summed E-state index contributed by atoms with van der Waals surface area (Å²) in [4.78, 5) is 9.20. The highest BCUT2D eigenvalue weighted by Gasteiger charge is 2.34. The van der Waals surface area contributed by atoms with Crippen molar-refractivity contribution in [2.75, 3.05) is 24.3 Å². The highest BCUT2D eigenvalue weighted by atomic mass is 19.4. The molecule has 1 aromatic carbocycles. The number of rotatable bonds is 4. The maximum absolute atomic E-state index is 12.9. The van der Waals surface area contributed by atoms with Gasteiger partial charge in [-0.15, -0.1) is 0 Å². The van der Waals surface area contributed by atoms with Crippen molar-refractivity contribution in [1.82, 2.24) is 9.97 Å². The van der Waals surface area contributed by atoms with E-state index in [1.54, 1.807) is 14.1 Å². The zero-order valence-electron chi connectivity index (χ0n) is 12.5. The number of alkyl halides is 3. The maximum Gasteiger partial charge on any atom is 0.433 e. The van der Waals surface area contributed by atoms with Crippen molar-refractivity contribution >= 4 is 11.8 Å². The molecule has 1 unspecified atom stereocenters. The van der Waals surface area contributed by atoms with Crippen molar-refractivity contribution in [1.29, 1.82) is 0 Å². The van der Waals surface area contributed by atoms with Crippen molar-refractivity contribution in [3.63, 3.8) is 0 Å². The third-order valence-corrected chi connectivity index (χ3v) is 3.11. The lowest BCUT2D eigenvalue weighted by atomic mass is 10.1. The van der Waals surface area contributed by atoms with E-state index in [0.717, 1.165) is 11.6 Å². The summed E-state index contributed by atoms with van der Waals surface area (Å²) in [6.07, 6.45) is -4.51. The zero-order valence-corrected chi connectivity index (χ0v) is 12.5. The van der Waals surface area contributed by atoms with E-state index < -0.39 is 11.9 Å². The van der Waals surface area contributed by atoms with Gasteiger partial charge in [0.2, 0.25) is 5.95 Å². The molecule has 0 aliphatic rings. The Hall–Kier alpha value is -2.31. The van der Waals surface area contributed by atoms with Crippen molar-refractivity contribution in [2.45, 2.75) is 19.1 Å². The molecule has 22 heavy (non-hydrogen) atoms. The monoisotopic (exact) mass is 310 g/mol. The van der Waals surface area contributed by atoms with Crippen LogP contribution in [0.4, 0.5) is 24.9 Å². The average molecular weight is 310 g/mol. The van der Waals surface area contributed by atoms with Gasteiger partial charge in [-0.1, -0.05) is 30.3 Å². The van der Waals surface area contributed by atoms with E-state index in [1.807, 2.05) is 37.3 Å². The van der Waals surface area contributed by atoms with Crippen molar-refractivity contribution < 1.29 is 13.2 Å². The van der Waals surface area contributed by atoms with Crippen molar-refractivity contribution in [3.8, 4) is 0 Å². The highest BCUT2D eigenvalue weighted by Crippen LogP contribution is 2.30. The molecule has 0 saturated heterocycles. The fraction of sp³-hybridized carbons (Fsp3) is 0.333. The van der Waals surface area contributed by atoms with Gasteiger partial charge >= 0.3 is 6.18 Å². The first-order chi connectivity index (χ1) is 10.3. The molecule has 7 heteroatoms. The zero-order chi connectivity index (χ0) is 16.3. The standard InChI is InChI=1S/C15H17F3N4/c1-10(11-7-5-4-6-8-11)19-14-20-12(15(16,17)18)9-13(21-14)22(2)3/h4-10H,1-3H3,(H,19,20,21). The Morgan fingerprint density at radius 3 is 2.27 bits per heavy atom. The van der Waals surface area contributed by atoms with E-state index >= 15 is 0 Å². The van der Waals surface area contributed by atoms with Crippen LogP contribution in [-0.4, -0.2) is 24.1 Å². The minimum absolute atomic E-state index is 0.0464. The largest absolute Gasteiger partial charge is 0.433 e. The molecule has 1 heterocycles. The summed E-state index contributed by atoms with van der Waals surface area (Å²) in [5.41, 5.74) is -0.0242. The van der Waals surface area contributed by atoms with Crippen LogP contribution in [0, 0.1) is 0 Å². The van der Waals surface area contributed by atoms with E-state index in [9.17, 15) is 13.2 Å². The SMILES string of the molecule is CC(Nc1nc(N(C)C)cc(C(F)(F)F)n1)c1ccccc1. The molecule has 0 amide bonds. The van der Waals surface area contributed by atoms with Crippen LogP contribution in [0.3, 0.4) is 0 Å². The Morgan fingerprint density at radius 2 is 1.73 bits per heavy atom. The molecule has 2 rings (SSSR count). The van der Waals surface area contributed by atoms with Gasteiger partial charge in [0.15, 0.2) is 5.69 Å². The summed E-state index contributed by atoms with van der Waals surface area (Å²) in [6.45, 7) is 1.84. The molecule has 0 bridgehead atoms. The molecule has 0 aliphatic heterocycles. The van der Waals surface area contributed by atoms with Crippen molar-refractivity contribution in [3.05, 3.63) is 47.7 Å². The van der Waals surface area contributed by atoms with Crippen LogP contribution in [-0.2, 0) is 6.18 Å². The second kappa shape index (κ2) is 6.21. The molecule has 0 fully saturated rings. The molecule has 4 nitrogen and oxygen atoms in total. The number of hydrogen-bond donors (Lipinski definition) is 1. The van der Waals surface area contributed by atoms with Crippen LogP contribution in [0.25, 0.3) is 0 Å². The summed E-state index contributed by atoms with van der Waals surface area (Å²) in [6, 6.07) is 10.1. The van der Waals surface area contributed by atoms with Gasteiger partial charge in [-0.3, -0.25) is 0 Å². The van der Waals surface area contributed by atoms with Crippen LogP contribution < -0.4 is 10.2 Å². The Labute approximate surface area is 127 Å². The number of nitrogens with zero attached hydrogens (tertiary/aromatic N) is 3. The summed E-state index contributed by atoms with van der Waals surface area (Å²) in [5, 5.41) is 2.92. The van der Waals surface area contributed by atoms with Gasteiger partial charge in [0.05, 0.1) is 6.04 Å². The van der Waals surface area contributed by atoms with Crippen LogP contribution in [0.2, 0.25) is 0 Å². The smallest absolute Gasteiger partial charge is 0.363 e. The minimum Gasteiger partial charge on any atom is -0.363 e. The van der Waals surface area contributed by atoms with Gasteiger partial charge in [0, 0.05) is 20.2 Å². The van der Waals surface area contributed by atoms with E-state index in [4.69, 9.17) is 0 Å². The molecule has 118 valence electrons. The molecule has 1 atom stereocenters. The van der Waals surface area contributed by atoms with E-state index in [-0.39, 0.29) is 17.8 Å². The molecule has 2 aromatic rings. The number of nitrogens with one attached hydrogen (secondary N) is 1. The fourth-order valence-electron chi connectivity index (χ4n) is 1.89. The quantitative estimate of drug-likeness (QED) is 0.934. The van der Waals surface area contributed by atoms with Crippen LogP contribution in [0.1, 0.15) is 24.2 Å². The van der Waals surface area contributed by atoms with Crippen LogP contribution in [0.15, 0.2) is 36.4 Å². The third-order valence-electron chi connectivity index (χ3n) is 3.11. The number of aromatic nitrogens is 2. The van der Waals surface area contributed by atoms with Gasteiger partial charge in [0.25, 0.3) is 0 Å². The number of halogens is 3. The second-order valence-corrected chi connectivity index (χ2v) is 5.10. The number of benzene rings is 1. The number of hydrogen-bond acceptors (Lipinski definition) is 4. The molecule has 0 spiro atoms. The predicted molar refractivity (Wildman–Crippen MR) is 79.8 cm³/mol. The molecular formula is C15H17F3N4. The first-order valence-electron chi connectivity index (χ1n) is 6.72. The van der Waals surface area contributed by atoms with E-state index in [1.165, 1.54) is 4.90 Å². The molecule has 0 aliphatic carbocycles. The maximum atomic E-state index is 12.9. The normalized spacial score (nSPS) is 12.8. The summed E-state index contributed by atoms with van der Waals surface area (Å²) < 4.78 is 38.8. The van der Waals surface area contributed by atoms with Crippen LogP contribution >= 0.6 is 0 Å². The molecule has 0 radical (unpaired) electrons.